The molecule has 0 aliphatic carbocycles. The molecule has 3 heteroatoms. The summed E-state index contributed by atoms with van der Waals surface area (Å²) in [6.45, 7) is 0. The van der Waals surface area contributed by atoms with E-state index in [1.165, 1.54) is 22.3 Å². The number of aromatic nitrogens is 1. The molecule has 3 nitrogen and oxygen atoms in total. The second-order valence-corrected chi connectivity index (χ2v) is 10.5. The first-order chi connectivity index (χ1) is 20.8. The maximum absolute atomic E-state index is 6.29. The van der Waals surface area contributed by atoms with Gasteiger partial charge in [-0.2, -0.15) is 0 Å². The highest BCUT2D eigenvalue weighted by atomic mass is 16.3. The summed E-state index contributed by atoms with van der Waals surface area (Å²) in [5.41, 5.74) is 10.7. The van der Waals surface area contributed by atoms with Gasteiger partial charge in [-0.05, 0) is 82.9 Å². The van der Waals surface area contributed by atoms with Crippen LogP contribution >= 0.6 is 0 Å². The third kappa shape index (κ3) is 4.29. The minimum Gasteiger partial charge on any atom is -0.456 e. The Morgan fingerprint density at radius 2 is 0.976 bits per heavy atom. The molecule has 0 amide bonds. The summed E-state index contributed by atoms with van der Waals surface area (Å²) in [7, 11) is 0. The number of anilines is 3. The maximum Gasteiger partial charge on any atom is 0.136 e. The lowest BCUT2D eigenvalue weighted by molar-refractivity contribution is 0.669. The van der Waals surface area contributed by atoms with Crippen molar-refractivity contribution in [1.82, 2.24) is 4.98 Å². The Kier molecular flexibility index (Phi) is 5.79. The summed E-state index contributed by atoms with van der Waals surface area (Å²) in [5, 5.41) is 3.21. The summed E-state index contributed by atoms with van der Waals surface area (Å²) in [6, 6.07) is 53.2. The molecule has 0 aliphatic rings. The molecule has 2 aromatic heterocycles. The SMILES string of the molecule is c1ccc(-c2ccc(N(c3ccc(-c4ccccc4)cc3)c3ccc4oc5cc6cccnc6cc5c4c3)cc2)cc1. The average molecular weight is 539 g/mol. The second kappa shape index (κ2) is 10.1. The van der Waals surface area contributed by atoms with E-state index in [0.717, 1.165) is 49.9 Å². The average Bonchev–Trinajstić information content (AvgIpc) is 3.42. The monoisotopic (exact) mass is 538 g/mol. The topological polar surface area (TPSA) is 29.3 Å². The Morgan fingerprint density at radius 3 is 1.60 bits per heavy atom. The van der Waals surface area contributed by atoms with Crippen LogP contribution in [0.3, 0.4) is 0 Å². The van der Waals surface area contributed by atoms with Gasteiger partial charge in [0.2, 0.25) is 0 Å². The molecule has 0 spiro atoms. The van der Waals surface area contributed by atoms with Gasteiger partial charge in [0, 0.05) is 39.4 Å². The third-order valence-corrected chi connectivity index (χ3v) is 7.90. The fraction of sp³-hybridized carbons (Fsp3) is 0. The first-order valence-corrected chi connectivity index (χ1v) is 14.1. The minimum atomic E-state index is 0.864. The van der Waals surface area contributed by atoms with Crippen molar-refractivity contribution in [3.63, 3.8) is 0 Å². The lowest BCUT2D eigenvalue weighted by Gasteiger charge is -2.26. The molecular weight excluding hydrogens is 512 g/mol. The molecule has 0 atom stereocenters. The standard InChI is InChI=1S/C39H26N2O/c1-3-8-27(9-4-1)29-13-17-32(18-14-29)41(33-19-15-30(16-20-33)28-10-5-2-6-11-28)34-21-22-38-35(25-34)36-26-37-31(12-7-23-40-37)24-39(36)42-38/h1-26H. The van der Waals surface area contributed by atoms with Gasteiger partial charge in [-0.15, -0.1) is 0 Å². The van der Waals surface area contributed by atoms with E-state index in [1.54, 1.807) is 0 Å². The van der Waals surface area contributed by atoms with E-state index in [9.17, 15) is 0 Å². The van der Waals surface area contributed by atoms with Crippen LogP contribution in [0.5, 0.6) is 0 Å². The van der Waals surface area contributed by atoms with Crippen LogP contribution in [0.15, 0.2) is 162 Å². The lowest BCUT2D eigenvalue weighted by atomic mass is 10.0. The van der Waals surface area contributed by atoms with Gasteiger partial charge in [-0.25, -0.2) is 0 Å². The van der Waals surface area contributed by atoms with Crippen LogP contribution in [-0.4, -0.2) is 4.98 Å². The number of furan rings is 1. The molecule has 8 aromatic rings. The zero-order valence-corrected chi connectivity index (χ0v) is 22.8. The van der Waals surface area contributed by atoms with E-state index in [1.807, 2.05) is 24.4 Å². The molecule has 0 saturated carbocycles. The van der Waals surface area contributed by atoms with Crippen LogP contribution in [0.2, 0.25) is 0 Å². The predicted octanol–water partition coefficient (Wildman–Crippen LogP) is 10.9. The number of benzene rings is 6. The fourth-order valence-electron chi connectivity index (χ4n) is 5.78. The molecule has 2 heterocycles. The molecule has 0 fully saturated rings. The molecule has 6 aromatic carbocycles. The number of hydrogen-bond acceptors (Lipinski definition) is 3. The first-order valence-electron chi connectivity index (χ1n) is 14.1. The fourth-order valence-corrected chi connectivity index (χ4v) is 5.78. The molecule has 8 rings (SSSR count). The van der Waals surface area contributed by atoms with E-state index in [4.69, 9.17) is 4.42 Å². The van der Waals surface area contributed by atoms with Crippen molar-refractivity contribution in [1.29, 1.82) is 0 Å². The zero-order valence-electron chi connectivity index (χ0n) is 22.8. The quantitative estimate of drug-likeness (QED) is 0.218. The maximum atomic E-state index is 6.29. The van der Waals surface area contributed by atoms with Crippen molar-refractivity contribution in [3.8, 4) is 22.3 Å². The Labute approximate surface area is 243 Å². The Hall–Kier alpha value is -5.67. The van der Waals surface area contributed by atoms with Gasteiger partial charge >= 0.3 is 0 Å². The van der Waals surface area contributed by atoms with Crippen molar-refractivity contribution in [2.75, 3.05) is 4.90 Å². The van der Waals surface area contributed by atoms with E-state index in [0.29, 0.717) is 0 Å². The van der Waals surface area contributed by atoms with Gasteiger partial charge in [0.25, 0.3) is 0 Å². The van der Waals surface area contributed by atoms with Gasteiger partial charge in [-0.3, -0.25) is 4.98 Å². The number of hydrogen-bond donors (Lipinski definition) is 0. The summed E-state index contributed by atoms with van der Waals surface area (Å²) >= 11 is 0. The van der Waals surface area contributed by atoms with Crippen LogP contribution in [0.25, 0.3) is 55.1 Å². The number of nitrogens with zero attached hydrogens (tertiary/aromatic N) is 2. The normalized spacial score (nSPS) is 11.3. The van der Waals surface area contributed by atoms with Crippen LogP contribution < -0.4 is 4.90 Å². The number of pyridine rings is 1. The molecule has 0 aliphatic heterocycles. The van der Waals surface area contributed by atoms with Gasteiger partial charge < -0.3 is 9.32 Å². The molecule has 0 bridgehead atoms. The van der Waals surface area contributed by atoms with Crippen molar-refractivity contribution in [2.24, 2.45) is 0 Å². The van der Waals surface area contributed by atoms with Crippen molar-refractivity contribution in [2.45, 2.75) is 0 Å². The lowest BCUT2D eigenvalue weighted by Crippen LogP contribution is -2.09. The number of rotatable bonds is 5. The number of fused-ring (bicyclic) bond motifs is 4. The zero-order chi connectivity index (χ0) is 27.9. The summed E-state index contributed by atoms with van der Waals surface area (Å²) < 4.78 is 6.29. The van der Waals surface area contributed by atoms with Crippen molar-refractivity contribution < 1.29 is 4.42 Å². The summed E-state index contributed by atoms with van der Waals surface area (Å²) in [6.07, 6.45) is 1.84. The Balaban J connectivity index is 1.27. The highest BCUT2D eigenvalue weighted by Crippen LogP contribution is 2.40. The largest absolute Gasteiger partial charge is 0.456 e. The van der Waals surface area contributed by atoms with Crippen LogP contribution in [0.1, 0.15) is 0 Å². The van der Waals surface area contributed by atoms with Crippen molar-refractivity contribution in [3.05, 3.63) is 158 Å². The smallest absolute Gasteiger partial charge is 0.136 e. The van der Waals surface area contributed by atoms with Crippen LogP contribution in [-0.2, 0) is 0 Å². The minimum absolute atomic E-state index is 0.864. The molecule has 0 unspecified atom stereocenters. The summed E-state index contributed by atoms with van der Waals surface area (Å²) in [5.74, 6) is 0. The van der Waals surface area contributed by atoms with Crippen molar-refractivity contribution >= 4 is 49.9 Å². The van der Waals surface area contributed by atoms with E-state index in [-0.39, 0.29) is 0 Å². The third-order valence-electron chi connectivity index (χ3n) is 7.90. The molecule has 0 N–H and O–H groups in total. The second-order valence-electron chi connectivity index (χ2n) is 10.5. The molecule has 42 heavy (non-hydrogen) atoms. The highest BCUT2D eigenvalue weighted by Gasteiger charge is 2.16. The van der Waals surface area contributed by atoms with Gasteiger partial charge in [-0.1, -0.05) is 91.0 Å². The molecule has 0 radical (unpaired) electrons. The van der Waals surface area contributed by atoms with E-state index in [2.05, 4.69) is 143 Å². The summed E-state index contributed by atoms with van der Waals surface area (Å²) in [4.78, 5) is 6.89. The van der Waals surface area contributed by atoms with Gasteiger partial charge in [0.15, 0.2) is 0 Å². The van der Waals surface area contributed by atoms with Gasteiger partial charge in [0.1, 0.15) is 11.2 Å². The Bertz CT molecular complexity index is 2080. The molecule has 198 valence electrons. The van der Waals surface area contributed by atoms with E-state index < -0.39 is 0 Å². The molecular formula is C39H26N2O. The van der Waals surface area contributed by atoms with E-state index >= 15 is 0 Å². The Morgan fingerprint density at radius 1 is 0.429 bits per heavy atom. The van der Waals surface area contributed by atoms with Crippen LogP contribution in [0, 0.1) is 0 Å². The molecule has 0 saturated heterocycles. The highest BCUT2D eigenvalue weighted by molar-refractivity contribution is 6.10. The predicted molar refractivity (Wildman–Crippen MR) is 175 cm³/mol. The van der Waals surface area contributed by atoms with Gasteiger partial charge in [0.05, 0.1) is 5.52 Å². The van der Waals surface area contributed by atoms with Crippen LogP contribution in [0.4, 0.5) is 17.1 Å². The first kappa shape index (κ1) is 24.2.